The number of aryl methyl sites for hydroxylation is 1. The lowest BCUT2D eigenvalue weighted by molar-refractivity contribution is -0.132. The van der Waals surface area contributed by atoms with Crippen molar-refractivity contribution in [3.05, 3.63) is 54.6 Å². The summed E-state index contributed by atoms with van der Waals surface area (Å²) in [5, 5.41) is 5.74. The third-order valence-electron chi connectivity index (χ3n) is 3.93. The molecule has 2 rings (SSSR count). The second-order valence-electron chi connectivity index (χ2n) is 5.49. The third kappa shape index (κ3) is 3.85. The smallest absolute Gasteiger partial charge is 0.228 e. The zero-order chi connectivity index (χ0) is 15.9. The first-order valence-electron chi connectivity index (χ1n) is 7.53. The standard InChI is InChI=1S/C18H22N2O2/c1-3-12-19-17(21)14-9-5-6-10-15(14)18(22)20-16-11-7-4-8-13(16)2/h3-8,11,14-15H,1,9-10,12H2,2H3,(H,19,21)(H,20,22)/t14-,15-/m0/s1. The minimum absolute atomic E-state index is 0.0887. The average molecular weight is 298 g/mol. The second-order valence-corrected chi connectivity index (χ2v) is 5.49. The summed E-state index contributed by atoms with van der Waals surface area (Å²) in [6.07, 6.45) is 6.76. The van der Waals surface area contributed by atoms with Crippen molar-refractivity contribution >= 4 is 17.5 Å². The number of carbonyl (C=O) groups is 2. The van der Waals surface area contributed by atoms with Crippen molar-refractivity contribution in [1.29, 1.82) is 0 Å². The van der Waals surface area contributed by atoms with E-state index in [4.69, 9.17) is 0 Å². The van der Waals surface area contributed by atoms with Gasteiger partial charge in [-0.3, -0.25) is 9.59 Å². The van der Waals surface area contributed by atoms with Gasteiger partial charge in [0.15, 0.2) is 0 Å². The molecular formula is C18H22N2O2. The van der Waals surface area contributed by atoms with E-state index in [0.717, 1.165) is 11.3 Å². The van der Waals surface area contributed by atoms with Crippen molar-refractivity contribution in [2.45, 2.75) is 19.8 Å². The Morgan fingerprint density at radius 2 is 1.82 bits per heavy atom. The molecule has 1 aromatic carbocycles. The first-order chi connectivity index (χ1) is 10.6. The number of hydrogen-bond acceptors (Lipinski definition) is 2. The second kappa shape index (κ2) is 7.59. The van der Waals surface area contributed by atoms with Crippen LogP contribution in [0.4, 0.5) is 5.69 Å². The monoisotopic (exact) mass is 298 g/mol. The molecule has 0 heterocycles. The van der Waals surface area contributed by atoms with E-state index in [2.05, 4.69) is 17.2 Å². The highest BCUT2D eigenvalue weighted by Crippen LogP contribution is 2.27. The zero-order valence-electron chi connectivity index (χ0n) is 12.8. The SMILES string of the molecule is C=CCNC(=O)[C@H]1CC=CC[C@@H]1C(=O)Nc1ccccc1C. The maximum Gasteiger partial charge on any atom is 0.228 e. The van der Waals surface area contributed by atoms with Gasteiger partial charge < -0.3 is 10.6 Å². The number of rotatable bonds is 5. The predicted octanol–water partition coefficient (Wildman–Crippen LogP) is 2.82. The van der Waals surface area contributed by atoms with Crippen LogP contribution in [0.15, 0.2) is 49.1 Å². The Morgan fingerprint density at radius 3 is 2.45 bits per heavy atom. The molecule has 4 heteroatoms. The molecule has 0 aliphatic heterocycles. The predicted molar refractivity (Wildman–Crippen MR) is 88.4 cm³/mol. The summed E-state index contributed by atoms with van der Waals surface area (Å²) in [5.41, 5.74) is 1.81. The first kappa shape index (κ1) is 16.0. The summed E-state index contributed by atoms with van der Waals surface area (Å²) >= 11 is 0. The van der Waals surface area contributed by atoms with E-state index < -0.39 is 0 Å². The van der Waals surface area contributed by atoms with Crippen LogP contribution >= 0.6 is 0 Å². The molecule has 2 N–H and O–H groups in total. The molecule has 1 aliphatic rings. The number of benzene rings is 1. The summed E-state index contributed by atoms with van der Waals surface area (Å²) in [5.74, 6) is -0.852. The number of anilines is 1. The summed E-state index contributed by atoms with van der Waals surface area (Å²) in [4.78, 5) is 24.8. The van der Waals surface area contributed by atoms with E-state index in [0.29, 0.717) is 19.4 Å². The van der Waals surface area contributed by atoms with Crippen LogP contribution in [0.25, 0.3) is 0 Å². The first-order valence-corrected chi connectivity index (χ1v) is 7.53. The molecule has 1 aliphatic carbocycles. The number of para-hydroxylation sites is 1. The normalized spacial score (nSPS) is 20.2. The van der Waals surface area contributed by atoms with Gasteiger partial charge in [-0.1, -0.05) is 36.4 Å². The Morgan fingerprint density at radius 1 is 1.18 bits per heavy atom. The molecule has 2 atom stereocenters. The Balaban J connectivity index is 2.09. The van der Waals surface area contributed by atoms with Crippen LogP contribution in [0.2, 0.25) is 0 Å². The van der Waals surface area contributed by atoms with Crippen molar-refractivity contribution in [3.8, 4) is 0 Å². The molecule has 0 fully saturated rings. The lowest BCUT2D eigenvalue weighted by Gasteiger charge is -2.26. The molecule has 116 valence electrons. The van der Waals surface area contributed by atoms with Gasteiger partial charge in [0.25, 0.3) is 0 Å². The molecule has 0 unspecified atom stereocenters. The van der Waals surface area contributed by atoms with Gasteiger partial charge in [-0.25, -0.2) is 0 Å². The van der Waals surface area contributed by atoms with E-state index >= 15 is 0 Å². The lowest BCUT2D eigenvalue weighted by Crippen LogP contribution is -2.40. The highest BCUT2D eigenvalue weighted by Gasteiger charge is 2.33. The highest BCUT2D eigenvalue weighted by atomic mass is 16.2. The zero-order valence-corrected chi connectivity index (χ0v) is 12.8. The van der Waals surface area contributed by atoms with Gasteiger partial charge in [0.2, 0.25) is 11.8 Å². The summed E-state index contributed by atoms with van der Waals surface area (Å²) < 4.78 is 0. The van der Waals surface area contributed by atoms with Crippen molar-refractivity contribution < 1.29 is 9.59 Å². The molecular weight excluding hydrogens is 276 g/mol. The van der Waals surface area contributed by atoms with Crippen molar-refractivity contribution in [1.82, 2.24) is 5.32 Å². The fourth-order valence-corrected chi connectivity index (χ4v) is 2.64. The summed E-state index contributed by atoms with van der Waals surface area (Å²) in [6.45, 7) is 5.96. The third-order valence-corrected chi connectivity index (χ3v) is 3.93. The average Bonchev–Trinajstić information content (AvgIpc) is 2.54. The molecule has 0 saturated heterocycles. The van der Waals surface area contributed by atoms with Crippen LogP contribution in [0.1, 0.15) is 18.4 Å². The van der Waals surface area contributed by atoms with Gasteiger partial charge >= 0.3 is 0 Å². The van der Waals surface area contributed by atoms with E-state index in [1.54, 1.807) is 6.08 Å². The van der Waals surface area contributed by atoms with Crippen molar-refractivity contribution in [3.63, 3.8) is 0 Å². The maximum atomic E-state index is 12.6. The fraction of sp³-hybridized carbons (Fsp3) is 0.333. The van der Waals surface area contributed by atoms with Crippen LogP contribution in [-0.2, 0) is 9.59 Å². The number of allylic oxidation sites excluding steroid dienone is 2. The van der Waals surface area contributed by atoms with Gasteiger partial charge in [0, 0.05) is 12.2 Å². The van der Waals surface area contributed by atoms with E-state index in [1.807, 2.05) is 43.3 Å². The maximum absolute atomic E-state index is 12.6. The van der Waals surface area contributed by atoms with Crippen LogP contribution in [-0.4, -0.2) is 18.4 Å². The van der Waals surface area contributed by atoms with E-state index in [-0.39, 0.29) is 23.7 Å². The molecule has 0 spiro atoms. The molecule has 1 aromatic rings. The van der Waals surface area contributed by atoms with Gasteiger partial charge in [0.05, 0.1) is 11.8 Å². The summed E-state index contributed by atoms with van der Waals surface area (Å²) in [6, 6.07) is 7.64. The molecule has 0 saturated carbocycles. The van der Waals surface area contributed by atoms with Crippen LogP contribution in [0.3, 0.4) is 0 Å². The Kier molecular flexibility index (Phi) is 5.53. The minimum Gasteiger partial charge on any atom is -0.352 e. The molecule has 22 heavy (non-hydrogen) atoms. The van der Waals surface area contributed by atoms with Crippen molar-refractivity contribution in [2.75, 3.05) is 11.9 Å². The molecule has 2 amide bonds. The molecule has 0 aromatic heterocycles. The number of hydrogen-bond donors (Lipinski definition) is 2. The lowest BCUT2D eigenvalue weighted by atomic mass is 9.81. The molecule has 0 radical (unpaired) electrons. The molecule has 4 nitrogen and oxygen atoms in total. The largest absolute Gasteiger partial charge is 0.352 e. The summed E-state index contributed by atoms with van der Waals surface area (Å²) in [7, 11) is 0. The van der Waals surface area contributed by atoms with Gasteiger partial charge in [-0.05, 0) is 31.4 Å². The van der Waals surface area contributed by atoms with E-state index in [1.165, 1.54) is 0 Å². The minimum atomic E-state index is -0.338. The van der Waals surface area contributed by atoms with Crippen LogP contribution < -0.4 is 10.6 Å². The van der Waals surface area contributed by atoms with Crippen molar-refractivity contribution in [2.24, 2.45) is 11.8 Å². The Hall–Kier alpha value is -2.36. The van der Waals surface area contributed by atoms with Gasteiger partial charge in [0.1, 0.15) is 0 Å². The van der Waals surface area contributed by atoms with Gasteiger partial charge in [-0.2, -0.15) is 0 Å². The number of amides is 2. The Bertz CT molecular complexity index is 593. The number of carbonyl (C=O) groups excluding carboxylic acids is 2. The van der Waals surface area contributed by atoms with Crippen LogP contribution in [0, 0.1) is 18.8 Å². The number of nitrogens with one attached hydrogen (secondary N) is 2. The Labute approximate surface area is 131 Å². The quantitative estimate of drug-likeness (QED) is 0.821. The fourth-order valence-electron chi connectivity index (χ4n) is 2.64. The topological polar surface area (TPSA) is 58.2 Å². The highest BCUT2D eigenvalue weighted by molar-refractivity contribution is 5.96. The van der Waals surface area contributed by atoms with E-state index in [9.17, 15) is 9.59 Å². The van der Waals surface area contributed by atoms with Gasteiger partial charge in [-0.15, -0.1) is 6.58 Å². The van der Waals surface area contributed by atoms with Crippen LogP contribution in [0.5, 0.6) is 0 Å². The molecule has 0 bridgehead atoms.